The first-order chi connectivity index (χ1) is 15.4. The molecule has 9 heteroatoms. The van der Waals surface area contributed by atoms with Gasteiger partial charge in [0, 0.05) is 31.3 Å². The number of phenols is 1. The van der Waals surface area contributed by atoms with E-state index >= 15 is 0 Å². The number of ether oxygens (including phenoxy) is 1. The van der Waals surface area contributed by atoms with E-state index < -0.39 is 5.82 Å². The number of carbonyl (C=O) groups is 1. The standard InChI is InChI=1S/C23H20ClFN4O3/c1-12-3-6-17-19(20(12)24)21(15-7-13(30)4-5-16(15)25)26-8-18-22(27-11-29(17)18)23(31)28-9-14(10-28)32-2/h3-7,11,14,30H,8-10H2,1-2H3. The summed E-state index contributed by atoms with van der Waals surface area (Å²) in [5.74, 6) is -0.812. The summed E-state index contributed by atoms with van der Waals surface area (Å²) in [5, 5.41) is 10.4. The van der Waals surface area contributed by atoms with Gasteiger partial charge in [0.15, 0.2) is 5.69 Å². The van der Waals surface area contributed by atoms with E-state index in [1.165, 1.54) is 18.2 Å². The SMILES string of the molecule is COC1CN(C(=O)c2ncn3c2CN=C(c2cc(O)ccc2F)c2c-3ccc(C)c2Cl)C1. The van der Waals surface area contributed by atoms with Gasteiger partial charge in [-0.25, -0.2) is 9.37 Å². The minimum absolute atomic E-state index is 0.0287. The maximum absolute atomic E-state index is 14.8. The Hall–Kier alpha value is -3.23. The number of benzene rings is 2. The van der Waals surface area contributed by atoms with Gasteiger partial charge < -0.3 is 14.7 Å². The van der Waals surface area contributed by atoms with E-state index in [0.29, 0.717) is 46.5 Å². The zero-order valence-corrected chi connectivity index (χ0v) is 18.2. The second-order valence-corrected chi connectivity index (χ2v) is 8.28. The number of imidazole rings is 1. The first-order valence-electron chi connectivity index (χ1n) is 10.1. The first-order valence-corrected chi connectivity index (χ1v) is 10.5. The van der Waals surface area contributed by atoms with Crippen LogP contribution in [-0.4, -0.2) is 57.5 Å². The zero-order chi connectivity index (χ0) is 22.6. The topological polar surface area (TPSA) is 80.0 Å². The maximum Gasteiger partial charge on any atom is 0.274 e. The summed E-state index contributed by atoms with van der Waals surface area (Å²) in [4.78, 5) is 23.7. The molecule has 0 unspecified atom stereocenters. The number of aromatic nitrogens is 2. The van der Waals surface area contributed by atoms with Crippen LogP contribution < -0.4 is 0 Å². The molecular formula is C23H20ClFN4O3. The van der Waals surface area contributed by atoms with Crippen LogP contribution in [0, 0.1) is 12.7 Å². The molecule has 1 aromatic heterocycles. The van der Waals surface area contributed by atoms with E-state index in [4.69, 9.17) is 16.3 Å². The maximum atomic E-state index is 14.8. The van der Waals surface area contributed by atoms with Gasteiger partial charge in [0.25, 0.3) is 5.91 Å². The van der Waals surface area contributed by atoms with Crippen molar-refractivity contribution >= 4 is 23.2 Å². The van der Waals surface area contributed by atoms with Crippen molar-refractivity contribution in [3.8, 4) is 11.4 Å². The Morgan fingerprint density at radius 3 is 2.81 bits per heavy atom. The number of likely N-dealkylation sites (tertiary alicyclic amines) is 1. The molecule has 2 aliphatic heterocycles. The Kier molecular flexibility index (Phi) is 4.98. The number of aromatic hydroxyl groups is 1. The molecule has 3 aromatic rings. The van der Waals surface area contributed by atoms with Crippen LogP contribution in [0.25, 0.3) is 5.69 Å². The van der Waals surface area contributed by atoms with Crippen LogP contribution in [0.1, 0.15) is 32.9 Å². The van der Waals surface area contributed by atoms with Crippen LogP contribution >= 0.6 is 11.6 Å². The molecule has 0 radical (unpaired) electrons. The van der Waals surface area contributed by atoms with Gasteiger partial charge in [0.2, 0.25) is 0 Å². The van der Waals surface area contributed by atoms with Crippen LogP contribution in [0.2, 0.25) is 5.02 Å². The van der Waals surface area contributed by atoms with Crippen molar-refractivity contribution in [1.82, 2.24) is 14.5 Å². The largest absolute Gasteiger partial charge is 0.508 e. The predicted octanol–water partition coefficient (Wildman–Crippen LogP) is 3.50. The fraction of sp³-hybridized carbons (Fsp3) is 0.261. The predicted molar refractivity (Wildman–Crippen MR) is 117 cm³/mol. The average molecular weight is 455 g/mol. The second-order valence-electron chi connectivity index (χ2n) is 7.90. The van der Waals surface area contributed by atoms with Gasteiger partial charge in [-0.15, -0.1) is 0 Å². The van der Waals surface area contributed by atoms with E-state index in [1.807, 2.05) is 19.1 Å². The molecule has 1 N–H and O–H groups in total. The molecule has 0 bridgehead atoms. The number of nitrogens with zero attached hydrogens (tertiary/aromatic N) is 4. The molecule has 0 atom stereocenters. The Morgan fingerprint density at radius 2 is 2.06 bits per heavy atom. The highest BCUT2D eigenvalue weighted by molar-refractivity contribution is 6.37. The summed E-state index contributed by atoms with van der Waals surface area (Å²) in [6, 6.07) is 7.50. The highest BCUT2D eigenvalue weighted by Gasteiger charge is 2.35. The molecule has 2 aromatic carbocycles. The lowest BCUT2D eigenvalue weighted by Gasteiger charge is -2.37. The number of amides is 1. The number of rotatable bonds is 3. The highest BCUT2D eigenvalue weighted by Crippen LogP contribution is 2.35. The number of hydrogen-bond donors (Lipinski definition) is 1. The van der Waals surface area contributed by atoms with Crippen molar-refractivity contribution in [2.45, 2.75) is 19.6 Å². The molecule has 1 amide bonds. The molecule has 0 spiro atoms. The number of hydrogen-bond acceptors (Lipinski definition) is 5. The number of fused-ring (bicyclic) bond motifs is 3. The lowest BCUT2D eigenvalue weighted by molar-refractivity contribution is -0.0195. The summed E-state index contributed by atoms with van der Waals surface area (Å²) in [6.45, 7) is 2.96. The molecule has 164 valence electrons. The Morgan fingerprint density at radius 1 is 1.28 bits per heavy atom. The van der Waals surface area contributed by atoms with E-state index in [9.17, 15) is 14.3 Å². The first kappa shape index (κ1) is 20.7. The molecule has 1 saturated heterocycles. The quantitative estimate of drug-likeness (QED) is 0.657. The number of carbonyl (C=O) groups excluding carboxylic acids is 1. The van der Waals surface area contributed by atoms with Crippen molar-refractivity contribution in [3.05, 3.63) is 75.6 Å². The molecule has 0 aliphatic carbocycles. The van der Waals surface area contributed by atoms with Crippen LogP contribution in [0.4, 0.5) is 4.39 Å². The summed E-state index contributed by atoms with van der Waals surface area (Å²) >= 11 is 6.68. The molecular weight excluding hydrogens is 435 g/mol. The Balaban J connectivity index is 1.67. The highest BCUT2D eigenvalue weighted by atomic mass is 35.5. The van der Waals surface area contributed by atoms with Crippen LogP contribution in [0.5, 0.6) is 5.75 Å². The van der Waals surface area contributed by atoms with Crippen LogP contribution in [-0.2, 0) is 11.3 Å². The minimum Gasteiger partial charge on any atom is -0.508 e. The Bertz CT molecular complexity index is 1280. The zero-order valence-electron chi connectivity index (χ0n) is 17.5. The summed E-state index contributed by atoms with van der Waals surface area (Å²) in [5.41, 5.74) is 3.29. The number of phenolic OH excluding ortho intramolecular Hbond substituents is 1. The third-order valence-electron chi connectivity index (χ3n) is 5.94. The number of methoxy groups -OCH3 is 1. The lowest BCUT2D eigenvalue weighted by Crippen LogP contribution is -2.54. The van der Waals surface area contributed by atoms with Crippen molar-refractivity contribution < 1.29 is 19.0 Å². The fourth-order valence-corrected chi connectivity index (χ4v) is 4.31. The van der Waals surface area contributed by atoms with Gasteiger partial charge in [0.05, 0.1) is 34.8 Å². The van der Waals surface area contributed by atoms with Gasteiger partial charge in [0.1, 0.15) is 17.9 Å². The second kappa shape index (κ2) is 7.72. The monoisotopic (exact) mass is 454 g/mol. The molecule has 1 fully saturated rings. The van der Waals surface area contributed by atoms with Crippen LogP contribution in [0.3, 0.4) is 0 Å². The van der Waals surface area contributed by atoms with E-state index in [0.717, 1.165) is 5.56 Å². The third-order valence-corrected chi connectivity index (χ3v) is 6.43. The van der Waals surface area contributed by atoms with Gasteiger partial charge in [-0.3, -0.25) is 14.4 Å². The van der Waals surface area contributed by atoms with E-state index in [-0.39, 0.29) is 29.9 Å². The molecule has 5 rings (SSSR count). The summed E-state index contributed by atoms with van der Waals surface area (Å²) < 4.78 is 21.8. The molecule has 7 nitrogen and oxygen atoms in total. The molecule has 2 aliphatic rings. The van der Waals surface area contributed by atoms with Gasteiger partial charge in [-0.2, -0.15) is 0 Å². The Labute approximate surface area is 188 Å². The molecule has 3 heterocycles. The summed E-state index contributed by atoms with van der Waals surface area (Å²) in [6.07, 6.45) is 1.60. The van der Waals surface area contributed by atoms with E-state index in [1.54, 1.807) is 22.9 Å². The average Bonchev–Trinajstić information content (AvgIpc) is 3.09. The van der Waals surface area contributed by atoms with Crippen molar-refractivity contribution in [1.29, 1.82) is 0 Å². The van der Waals surface area contributed by atoms with Gasteiger partial charge in [-0.05, 0) is 36.8 Å². The molecule has 32 heavy (non-hydrogen) atoms. The molecule has 0 saturated carbocycles. The van der Waals surface area contributed by atoms with E-state index in [2.05, 4.69) is 9.98 Å². The lowest BCUT2D eigenvalue weighted by atomic mass is 9.98. The van der Waals surface area contributed by atoms with Gasteiger partial charge >= 0.3 is 0 Å². The smallest absolute Gasteiger partial charge is 0.274 e. The number of halogens is 2. The minimum atomic E-state index is -0.530. The number of aliphatic imine (C=N–C) groups is 1. The summed E-state index contributed by atoms with van der Waals surface area (Å²) in [7, 11) is 1.62. The third kappa shape index (κ3) is 3.18. The normalized spacial score (nSPS) is 15.5. The number of aryl methyl sites for hydroxylation is 1. The van der Waals surface area contributed by atoms with Crippen molar-refractivity contribution in [3.63, 3.8) is 0 Å². The van der Waals surface area contributed by atoms with Crippen molar-refractivity contribution in [2.75, 3.05) is 20.2 Å². The fourth-order valence-electron chi connectivity index (χ4n) is 4.06. The van der Waals surface area contributed by atoms with Crippen LogP contribution in [0.15, 0.2) is 41.7 Å². The van der Waals surface area contributed by atoms with Crippen molar-refractivity contribution in [2.24, 2.45) is 4.99 Å². The van der Waals surface area contributed by atoms with Gasteiger partial charge in [-0.1, -0.05) is 17.7 Å².